The number of carbonyl (C=O) groups is 2. The Kier molecular flexibility index (Phi) is 7.18. The van der Waals surface area contributed by atoms with E-state index >= 15 is 0 Å². The zero-order valence-electron chi connectivity index (χ0n) is 19.4. The van der Waals surface area contributed by atoms with Crippen molar-refractivity contribution in [1.29, 1.82) is 0 Å². The van der Waals surface area contributed by atoms with Crippen molar-refractivity contribution >= 4 is 11.8 Å². The van der Waals surface area contributed by atoms with Gasteiger partial charge in [0.15, 0.2) is 0 Å². The fraction of sp³-hybridized carbons (Fsp3) is 0.333. The van der Waals surface area contributed by atoms with Crippen LogP contribution in [0.3, 0.4) is 0 Å². The summed E-state index contributed by atoms with van der Waals surface area (Å²) in [7, 11) is 0. The third kappa shape index (κ3) is 5.67. The van der Waals surface area contributed by atoms with Crippen molar-refractivity contribution in [2.75, 3.05) is 0 Å². The van der Waals surface area contributed by atoms with Crippen molar-refractivity contribution in [2.24, 2.45) is 11.3 Å². The molecule has 5 heteroatoms. The SMILES string of the molecule is Cc1ccc([C@@H](NC(=O)C(C)(C)C)[C@H](C)[C@H](NC(=O)c2ccccc2)c2ccccc2)o1. The average Bonchev–Trinajstić information content (AvgIpc) is 3.21. The van der Waals surface area contributed by atoms with Crippen LogP contribution in [0.4, 0.5) is 0 Å². The Morgan fingerprint density at radius 3 is 1.94 bits per heavy atom. The molecule has 0 saturated carbocycles. The average molecular weight is 433 g/mol. The number of benzene rings is 2. The van der Waals surface area contributed by atoms with Crippen molar-refractivity contribution in [3.63, 3.8) is 0 Å². The minimum Gasteiger partial charge on any atom is -0.464 e. The molecule has 0 bridgehead atoms. The highest BCUT2D eigenvalue weighted by molar-refractivity contribution is 5.94. The van der Waals surface area contributed by atoms with Crippen LogP contribution in [0, 0.1) is 18.3 Å². The van der Waals surface area contributed by atoms with Crippen molar-refractivity contribution < 1.29 is 14.0 Å². The summed E-state index contributed by atoms with van der Waals surface area (Å²) >= 11 is 0. The molecule has 2 aromatic carbocycles. The molecule has 1 heterocycles. The lowest BCUT2D eigenvalue weighted by atomic mass is 9.85. The summed E-state index contributed by atoms with van der Waals surface area (Å²) in [6.07, 6.45) is 0. The molecule has 168 valence electrons. The summed E-state index contributed by atoms with van der Waals surface area (Å²) in [6.45, 7) is 9.53. The van der Waals surface area contributed by atoms with Gasteiger partial charge in [0, 0.05) is 16.9 Å². The van der Waals surface area contributed by atoms with E-state index in [1.807, 2.05) is 95.3 Å². The number of rotatable bonds is 7. The van der Waals surface area contributed by atoms with Crippen LogP contribution in [-0.4, -0.2) is 11.8 Å². The van der Waals surface area contributed by atoms with Crippen LogP contribution < -0.4 is 10.6 Å². The summed E-state index contributed by atoms with van der Waals surface area (Å²) < 4.78 is 5.93. The molecule has 3 atom stereocenters. The standard InChI is InChI=1S/C27H32N2O3/c1-18-16-17-22(32-18)24(29-26(31)27(3,4)5)19(2)23(20-12-8-6-9-13-20)28-25(30)21-14-10-7-11-15-21/h6-17,19,23-24H,1-5H3,(H,28,30)(H,29,31)/t19-,23+,24+/m1/s1. The predicted molar refractivity (Wildman–Crippen MR) is 126 cm³/mol. The maximum Gasteiger partial charge on any atom is 0.251 e. The Balaban J connectivity index is 1.98. The van der Waals surface area contributed by atoms with E-state index < -0.39 is 11.5 Å². The van der Waals surface area contributed by atoms with E-state index in [9.17, 15) is 9.59 Å². The van der Waals surface area contributed by atoms with Gasteiger partial charge in [0.25, 0.3) is 5.91 Å². The van der Waals surface area contributed by atoms with Gasteiger partial charge in [-0.1, -0.05) is 76.2 Å². The second-order valence-corrected chi connectivity index (χ2v) is 9.24. The van der Waals surface area contributed by atoms with E-state index in [0.29, 0.717) is 11.3 Å². The maximum atomic E-state index is 13.1. The number of aryl methyl sites for hydroxylation is 1. The van der Waals surface area contributed by atoms with Gasteiger partial charge in [0.1, 0.15) is 11.5 Å². The minimum absolute atomic E-state index is 0.0791. The predicted octanol–water partition coefficient (Wildman–Crippen LogP) is 5.60. The minimum atomic E-state index is -0.560. The third-order valence-electron chi connectivity index (χ3n) is 5.57. The fourth-order valence-corrected chi connectivity index (χ4v) is 3.63. The highest BCUT2D eigenvalue weighted by Crippen LogP contribution is 2.35. The monoisotopic (exact) mass is 432 g/mol. The maximum absolute atomic E-state index is 13.1. The van der Waals surface area contributed by atoms with Crippen molar-refractivity contribution in [3.05, 3.63) is 95.4 Å². The van der Waals surface area contributed by atoms with E-state index in [4.69, 9.17) is 4.42 Å². The summed E-state index contributed by atoms with van der Waals surface area (Å²) in [5.74, 6) is 1.00. The summed E-state index contributed by atoms with van der Waals surface area (Å²) in [5, 5.41) is 6.35. The van der Waals surface area contributed by atoms with E-state index in [1.54, 1.807) is 12.1 Å². The Bertz CT molecular complexity index is 1040. The molecule has 0 saturated heterocycles. The molecule has 32 heavy (non-hydrogen) atoms. The topological polar surface area (TPSA) is 71.3 Å². The van der Waals surface area contributed by atoms with Crippen LogP contribution in [0.2, 0.25) is 0 Å². The normalized spacial score (nSPS) is 14.3. The molecular weight excluding hydrogens is 400 g/mol. The largest absolute Gasteiger partial charge is 0.464 e. The highest BCUT2D eigenvalue weighted by atomic mass is 16.3. The zero-order chi connectivity index (χ0) is 23.3. The van der Waals surface area contributed by atoms with Gasteiger partial charge in [0.2, 0.25) is 5.91 Å². The molecule has 0 unspecified atom stereocenters. The van der Waals surface area contributed by atoms with E-state index in [-0.39, 0.29) is 23.8 Å². The number of hydrogen-bond donors (Lipinski definition) is 2. The van der Waals surface area contributed by atoms with Crippen molar-refractivity contribution in [2.45, 2.75) is 46.7 Å². The van der Waals surface area contributed by atoms with Gasteiger partial charge < -0.3 is 15.1 Å². The molecule has 3 rings (SSSR count). The van der Waals surface area contributed by atoms with Gasteiger partial charge in [-0.05, 0) is 36.8 Å². The first-order chi connectivity index (χ1) is 15.2. The Morgan fingerprint density at radius 1 is 0.812 bits per heavy atom. The van der Waals surface area contributed by atoms with Crippen LogP contribution in [0.25, 0.3) is 0 Å². The lowest BCUT2D eigenvalue weighted by molar-refractivity contribution is -0.129. The Hall–Kier alpha value is -3.34. The van der Waals surface area contributed by atoms with Gasteiger partial charge in [-0.25, -0.2) is 0 Å². The number of amides is 2. The summed E-state index contributed by atoms with van der Waals surface area (Å²) in [4.78, 5) is 26.0. The van der Waals surface area contributed by atoms with Crippen LogP contribution in [0.5, 0.6) is 0 Å². The number of hydrogen-bond acceptors (Lipinski definition) is 3. The van der Waals surface area contributed by atoms with Gasteiger partial charge in [0.05, 0.1) is 12.1 Å². The van der Waals surface area contributed by atoms with Crippen molar-refractivity contribution in [1.82, 2.24) is 10.6 Å². The molecule has 3 aromatic rings. The third-order valence-corrected chi connectivity index (χ3v) is 5.57. The molecule has 5 nitrogen and oxygen atoms in total. The zero-order valence-corrected chi connectivity index (χ0v) is 19.4. The molecule has 0 aliphatic rings. The number of nitrogens with one attached hydrogen (secondary N) is 2. The molecule has 0 aliphatic heterocycles. The first-order valence-corrected chi connectivity index (χ1v) is 10.9. The van der Waals surface area contributed by atoms with Crippen molar-refractivity contribution in [3.8, 4) is 0 Å². The van der Waals surface area contributed by atoms with E-state index in [0.717, 1.165) is 11.3 Å². The molecule has 2 amide bonds. The van der Waals surface area contributed by atoms with Crippen LogP contribution in [-0.2, 0) is 4.79 Å². The Labute approximate surface area is 190 Å². The van der Waals surface area contributed by atoms with Crippen LogP contribution >= 0.6 is 0 Å². The van der Waals surface area contributed by atoms with Gasteiger partial charge in [-0.2, -0.15) is 0 Å². The first kappa shape index (κ1) is 23.3. The van der Waals surface area contributed by atoms with Crippen LogP contribution in [0.15, 0.2) is 77.2 Å². The van der Waals surface area contributed by atoms with Gasteiger partial charge in [-0.15, -0.1) is 0 Å². The van der Waals surface area contributed by atoms with Crippen LogP contribution in [0.1, 0.15) is 67.2 Å². The molecule has 0 fully saturated rings. The molecule has 0 spiro atoms. The first-order valence-electron chi connectivity index (χ1n) is 10.9. The molecule has 2 N–H and O–H groups in total. The smallest absolute Gasteiger partial charge is 0.251 e. The Morgan fingerprint density at radius 2 is 1.41 bits per heavy atom. The molecule has 1 aromatic heterocycles. The van der Waals surface area contributed by atoms with E-state index in [2.05, 4.69) is 10.6 Å². The number of furan rings is 1. The van der Waals surface area contributed by atoms with Gasteiger partial charge in [-0.3, -0.25) is 9.59 Å². The second-order valence-electron chi connectivity index (χ2n) is 9.24. The van der Waals surface area contributed by atoms with E-state index in [1.165, 1.54) is 0 Å². The van der Waals surface area contributed by atoms with Gasteiger partial charge >= 0.3 is 0 Å². The lowest BCUT2D eigenvalue weighted by Crippen LogP contribution is -2.43. The quantitative estimate of drug-likeness (QED) is 0.511. The summed E-state index contributed by atoms with van der Waals surface area (Å²) in [5.41, 5.74) is 0.988. The molecular formula is C27H32N2O3. The lowest BCUT2D eigenvalue weighted by Gasteiger charge is -2.33. The molecule has 0 radical (unpaired) electrons. The fourth-order valence-electron chi connectivity index (χ4n) is 3.63. The number of carbonyl (C=O) groups excluding carboxylic acids is 2. The highest BCUT2D eigenvalue weighted by Gasteiger charge is 2.34. The summed E-state index contributed by atoms with van der Waals surface area (Å²) in [6, 6.07) is 22.0. The molecule has 0 aliphatic carbocycles. The second kappa shape index (κ2) is 9.86.